The van der Waals surface area contributed by atoms with Crippen LogP contribution in [0.2, 0.25) is 5.02 Å². The lowest BCUT2D eigenvalue weighted by Gasteiger charge is -2.31. The second-order valence-electron chi connectivity index (χ2n) is 7.99. The number of esters is 1. The van der Waals surface area contributed by atoms with Gasteiger partial charge in [-0.2, -0.15) is 0 Å². The van der Waals surface area contributed by atoms with E-state index < -0.39 is 12.0 Å². The predicted molar refractivity (Wildman–Crippen MR) is 131 cm³/mol. The Balaban J connectivity index is 1.60. The fourth-order valence-corrected chi connectivity index (χ4v) is 4.64. The number of hydrogen-bond acceptors (Lipinski definition) is 3. The van der Waals surface area contributed by atoms with Gasteiger partial charge in [0.25, 0.3) is 0 Å². The van der Waals surface area contributed by atoms with Crippen LogP contribution >= 0.6 is 11.6 Å². The van der Waals surface area contributed by atoms with E-state index in [1.807, 2.05) is 66.9 Å². The molecule has 0 saturated carbocycles. The first-order valence-electron chi connectivity index (χ1n) is 10.8. The summed E-state index contributed by atoms with van der Waals surface area (Å²) in [5.41, 5.74) is 4.64. The number of methoxy groups -OCH3 is 1. The van der Waals surface area contributed by atoms with Gasteiger partial charge in [0.2, 0.25) is 0 Å². The second-order valence-corrected chi connectivity index (χ2v) is 8.39. The van der Waals surface area contributed by atoms with Crippen molar-refractivity contribution in [3.63, 3.8) is 0 Å². The number of aromatic nitrogens is 1. The third-order valence-electron chi connectivity index (χ3n) is 5.96. The van der Waals surface area contributed by atoms with Gasteiger partial charge in [0.1, 0.15) is 6.04 Å². The van der Waals surface area contributed by atoms with Crippen molar-refractivity contribution in [3.8, 4) is 5.69 Å². The topological polar surface area (TPSA) is 63.6 Å². The van der Waals surface area contributed by atoms with Gasteiger partial charge < -0.3 is 19.5 Å². The molecule has 3 aromatic carbocycles. The van der Waals surface area contributed by atoms with Gasteiger partial charge >= 0.3 is 12.0 Å². The molecular formula is C27H22ClN3O3. The Hall–Kier alpha value is -4.03. The van der Waals surface area contributed by atoms with Crippen molar-refractivity contribution < 1.29 is 14.3 Å². The molecule has 4 aromatic rings. The number of urea groups is 1. The number of para-hydroxylation sites is 1. The van der Waals surface area contributed by atoms with E-state index in [-0.39, 0.29) is 6.03 Å². The molecule has 0 fully saturated rings. The number of nitrogens with zero attached hydrogens (tertiary/aromatic N) is 2. The highest BCUT2D eigenvalue weighted by atomic mass is 35.5. The number of benzene rings is 3. The molecule has 1 N–H and O–H groups in total. The Labute approximate surface area is 202 Å². The number of amides is 2. The molecular weight excluding hydrogens is 450 g/mol. The van der Waals surface area contributed by atoms with Crippen molar-refractivity contribution in [2.24, 2.45) is 0 Å². The SMILES string of the molecule is COC(=O)c1cccc(NC(=O)N2Cc3ccccc3-n3cccc3C2c2ccccc2Cl)c1. The van der Waals surface area contributed by atoms with Crippen molar-refractivity contribution >= 4 is 29.3 Å². The summed E-state index contributed by atoms with van der Waals surface area (Å²) < 4.78 is 6.91. The molecule has 0 spiro atoms. The molecule has 1 aliphatic heterocycles. The van der Waals surface area contributed by atoms with Crippen LogP contribution in [0.25, 0.3) is 5.69 Å². The van der Waals surface area contributed by atoms with Crippen LogP contribution in [0.15, 0.2) is 91.1 Å². The second kappa shape index (κ2) is 9.08. The summed E-state index contributed by atoms with van der Waals surface area (Å²) in [4.78, 5) is 27.5. The van der Waals surface area contributed by atoms with Crippen molar-refractivity contribution in [2.45, 2.75) is 12.6 Å². The number of nitrogens with one attached hydrogen (secondary N) is 1. The van der Waals surface area contributed by atoms with Gasteiger partial charge in [0.15, 0.2) is 0 Å². The molecule has 170 valence electrons. The maximum Gasteiger partial charge on any atom is 0.337 e. The van der Waals surface area contributed by atoms with Crippen LogP contribution in [-0.4, -0.2) is 28.6 Å². The largest absolute Gasteiger partial charge is 0.465 e. The molecule has 2 heterocycles. The van der Waals surface area contributed by atoms with E-state index in [2.05, 4.69) is 9.88 Å². The van der Waals surface area contributed by atoms with Crippen molar-refractivity contribution in [1.29, 1.82) is 0 Å². The highest BCUT2D eigenvalue weighted by molar-refractivity contribution is 6.31. The van der Waals surface area contributed by atoms with E-state index in [0.717, 1.165) is 22.5 Å². The smallest absolute Gasteiger partial charge is 0.337 e. The minimum Gasteiger partial charge on any atom is -0.465 e. The van der Waals surface area contributed by atoms with E-state index in [0.29, 0.717) is 22.8 Å². The molecule has 0 radical (unpaired) electrons. The summed E-state index contributed by atoms with van der Waals surface area (Å²) >= 11 is 6.64. The van der Waals surface area contributed by atoms with E-state index >= 15 is 0 Å². The third-order valence-corrected chi connectivity index (χ3v) is 6.30. The number of anilines is 1. The lowest BCUT2D eigenvalue weighted by atomic mass is 10.0. The van der Waals surface area contributed by atoms with Gasteiger partial charge in [-0.05, 0) is 53.6 Å². The lowest BCUT2D eigenvalue weighted by molar-refractivity contribution is 0.0600. The first-order chi connectivity index (χ1) is 16.6. The Kier molecular flexibility index (Phi) is 5.82. The van der Waals surface area contributed by atoms with E-state index in [9.17, 15) is 9.59 Å². The lowest BCUT2D eigenvalue weighted by Crippen LogP contribution is -2.38. The summed E-state index contributed by atoms with van der Waals surface area (Å²) in [6.45, 7) is 0.371. The summed E-state index contributed by atoms with van der Waals surface area (Å²) in [6, 6.07) is 25.5. The zero-order valence-electron chi connectivity index (χ0n) is 18.4. The summed E-state index contributed by atoms with van der Waals surface area (Å²) in [7, 11) is 1.32. The van der Waals surface area contributed by atoms with Gasteiger partial charge in [0.05, 0.1) is 30.6 Å². The van der Waals surface area contributed by atoms with Crippen LogP contribution in [0.1, 0.15) is 33.2 Å². The Morgan fingerprint density at radius 2 is 1.76 bits per heavy atom. The number of halogens is 1. The van der Waals surface area contributed by atoms with Gasteiger partial charge in [-0.3, -0.25) is 0 Å². The molecule has 7 heteroatoms. The molecule has 0 aliphatic carbocycles. The highest BCUT2D eigenvalue weighted by Crippen LogP contribution is 2.39. The first kappa shape index (κ1) is 21.8. The minimum absolute atomic E-state index is 0.309. The summed E-state index contributed by atoms with van der Waals surface area (Å²) in [6.07, 6.45) is 2.00. The van der Waals surface area contributed by atoms with E-state index in [1.165, 1.54) is 7.11 Å². The predicted octanol–water partition coefficient (Wildman–Crippen LogP) is 6.05. The summed E-state index contributed by atoms with van der Waals surface area (Å²) in [5.74, 6) is -0.466. The average molecular weight is 472 g/mol. The standard InChI is InChI=1S/C27H22ClN3O3/c1-34-26(32)18-9-6-10-20(16-18)29-27(33)31-17-19-8-2-5-13-23(19)30-15-7-14-24(30)25(31)21-11-3-4-12-22(21)28/h2-16,25H,17H2,1H3,(H,29,33). The monoisotopic (exact) mass is 471 g/mol. The normalized spacial score (nSPS) is 14.5. The summed E-state index contributed by atoms with van der Waals surface area (Å²) in [5, 5.41) is 3.54. The van der Waals surface area contributed by atoms with Gasteiger partial charge in [-0.15, -0.1) is 0 Å². The van der Waals surface area contributed by atoms with Gasteiger partial charge in [-0.1, -0.05) is 54.1 Å². The molecule has 5 rings (SSSR count). The van der Waals surface area contributed by atoms with Crippen molar-refractivity contribution in [2.75, 3.05) is 12.4 Å². The van der Waals surface area contributed by atoms with E-state index in [1.54, 1.807) is 29.2 Å². The highest BCUT2D eigenvalue weighted by Gasteiger charge is 2.34. The molecule has 1 aromatic heterocycles. The molecule has 34 heavy (non-hydrogen) atoms. The third kappa shape index (κ3) is 3.93. The molecule has 1 unspecified atom stereocenters. The van der Waals surface area contributed by atoms with Crippen molar-refractivity contribution in [1.82, 2.24) is 9.47 Å². The van der Waals surface area contributed by atoms with Crippen LogP contribution in [0.5, 0.6) is 0 Å². The number of hydrogen-bond donors (Lipinski definition) is 1. The molecule has 2 amide bonds. The molecule has 1 aliphatic rings. The molecule has 6 nitrogen and oxygen atoms in total. The van der Waals surface area contributed by atoms with Crippen LogP contribution in [0.3, 0.4) is 0 Å². The molecule has 0 bridgehead atoms. The fraction of sp³-hybridized carbons (Fsp3) is 0.111. The number of rotatable bonds is 3. The maximum absolute atomic E-state index is 13.8. The first-order valence-corrected chi connectivity index (χ1v) is 11.2. The average Bonchev–Trinajstić information content (AvgIpc) is 3.29. The van der Waals surface area contributed by atoms with Crippen molar-refractivity contribution in [3.05, 3.63) is 119 Å². The van der Waals surface area contributed by atoms with Crippen LogP contribution in [-0.2, 0) is 11.3 Å². The number of fused-ring (bicyclic) bond motifs is 3. The zero-order chi connectivity index (χ0) is 23.7. The Bertz CT molecular complexity index is 1380. The van der Waals surface area contributed by atoms with Gasteiger partial charge in [-0.25, -0.2) is 9.59 Å². The van der Waals surface area contributed by atoms with Crippen LogP contribution in [0, 0.1) is 0 Å². The minimum atomic E-state index is -0.466. The Morgan fingerprint density at radius 3 is 2.59 bits per heavy atom. The number of carbonyl (C=O) groups is 2. The maximum atomic E-state index is 13.8. The molecule has 0 saturated heterocycles. The van der Waals surface area contributed by atoms with Crippen LogP contribution < -0.4 is 5.32 Å². The van der Waals surface area contributed by atoms with Gasteiger partial charge in [0, 0.05) is 16.9 Å². The molecule has 1 atom stereocenters. The number of carbonyl (C=O) groups excluding carboxylic acids is 2. The van der Waals surface area contributed by atoms with Crippen LogP contribution in [0.4, 0.5) is 10.5 Å². The Morgan fingerprint density at radius 1 is 0.971 bits per heavy atom. The fourth-order valence-electron chi connectivity index (χ4n) is 4.40. The number of ether oxygens (including phenoxy) is 1. The van der Waals surface area contributed by atoms with E-state index in [4.69, 9.17) is 16.3 Å². The zero-order valence-corrected chi connectivity index (χ0v) is 19.2. The quantitative estimate of drug-likeness (QED) is 0.370.